The molecule has 1 unspecified atom stereocenters. The minimum Gasteiger partial charge on any atom is -0.482 e. The Hall–Kier alpha value is -4.19. The predicted molar refractivity (Wildman–Crippen MR) is 118 cm³/mol. The molecule has 9 heteroatoms. The third kappa shape index (κ3) is 4.23. The molecule has 1 aromatic heterocycles. The molecule has 0 spiro atoms. The molecule has 6 N–H and O–H groups in total. The van der Waals surface area contributed by atoms with E-state index in [0.29, 0.717) is 33.7 Å². The lowest BCUT2D eigenvalue weighted by Gasteiger charge is -2.22. The molecule has 1 aliphatic rings. The van der Waals surface area contributed by atoms with Gasteiger partial charge in [-0.2, -0.15) is 5.26 Å². The van der Waals surface area contributed by atoms with Crippen molar-refractivity contribution in [2.75, 3.05) is 19.3 Å². The summed E-state index contributed by atoms with van der Waals surface area (Å²) in [5.74, 6) is 0.00132. The van der Waals surface area contributed by atoms with Gasteiger partial charge in [-0.1, -0.05) is 0 Å². The Morgan fingerprint density at radius 3 is 2.77 bits per heavy atom. The van der Waals surface area contributed by atoms with E-state index in [1.54, 1.807) is 26.1 Å². The summed E-state index contributed by atoms with van der Waals surface area (Å²) in [5, 5.41) is 9.52. The Balaban J connectivity index is 2.32. The molecule has 1 atom stereocenters. The quantitative estimate of drug-likeness (QED) is 0.604. The van der Waals surface area contributed by atoms with Crippen LogP contribution in [-0.2, 0) is 0 Å². The number of nitrogen functional groups attached to an aromatic ring is 1. The number of anilines is 1. The third-order valence-electron chi connectivity index (χ3n) is 4.84. The van der Waals surface area contributed by atoms with Crippen molar-refractivity contribution in [3.63, 3.8) is 0 Å². The van der Waals surface area contributed by atoms with Crippen molar-refractivity contribution in [1.29, 1.82) is 5.26 Å². The molecule has 158 valence electrons. The van der Waals surface area contributed by atoms with Gasteiger partial charge >= 0.3 is 0 Å². The number of pyridine rings is 1. The Bertz CT molecular complexity index is 1170. The number of allylic oxidation sites excluding steroid dienone is 1. The summed E-state index contributed by atoms with van der Waals surface area (Å²) in [6.45, 7) is 1.87. The zero-order valence-electron chi connectivity index (χ0n) is 17.1. The molecular weight excluding hydrogens is 397 g/mol. The number of aromatic nitrogens is 1. The first-order chi connectivity index (χ1) is 14.9. The number of fused-ring (bicyclic) bond motifs is 3. The van der Waals surface area contributed by atoms with Crippen LogP contribution in [-0.4, -0.2) is 30.0 Å². The molecule has 31 heavy (non-hydrogen) atoms. The molecule has 0 saturated heterocycles. The second-order valence-corrected chi connectivity index (χ2v) is 6.72. The van der Waals surface area contributed by atoms with Crippen LogP contribution in [0, 0.1) is 17.1 Å². The number of nitrogens with two attached hydrogens (primary N) is 3. The van der Waals surface area contributed by atoms with Crippen molar-refractivity contribution in [3.05, 3.63) is 76.5 Å². The summed E-state index contributed by atoms with van der Waals surface area (Å²) in [7, 11) is 1.61. The Morgan fingerprint density at radius 2 is 2.13 bits per heavy atom. The van der Waals surface area contributed by atoms with Crippen LogP contribution in [0.2, 0.25) is 0 Å². The SMILES string of the molecule is CN=C1C(=CN)CN=C(C(C#N)=CN)c2cnc(N)c(c2)OC(C)c2cc(F)ccc21. The van der Waals surface area contributed by atoms with Crippen molar-refractivity contribution in [2.24, 2.45) is 21.5 Å². The number of nitrogens with zero attached hydrogens (tertiary/aromatic N) is 4. The van der Waals surface area contributed by atoms with E-state index in [1.807, 2.05) is 6.07 Å². The van der Waals surface area contributed by atoms with Crippen LogP contribution in [0.15, 0.2) is 64.0 Å². The number of aliphatic imine (C=N–C) groups is 2. The lowest BCUT2D eigenvalue weighted by atomic mass is 9.94. The van der Waals surface area contributed by atoms with Gasteiger partial charge in [0.2, 0.25) is 0 Å². The largest absolute Gasteiger partial charge is 0.482 e. The summed E-state index contributed by atoms with van der Waals surface area (Å²) in [5.41, 5.74) is 20.8. The van der Waals surface area contributed by atoms with Gasteiger partial charge in [-0.25, -0.2) is 9.37 Å². The molecule has 1 aromatic carbocycles. The topological polar surface area (TPSA) is 149 Å². The van der Waals surface area contributed by atoms with E-state index in [1.165, 1.54) is 30.7 Å². The van der Waals surface area contributed by atoms with Crippen molar-refractivity contribution in [1.82, 2.24) is 4.98 Å². The summed E-state index contributed by atoms with van der Waals surface area (Å²) in [6, 6.07) is 8.00. The minimum atomic E-state index is -0.596. The Morgan fingerprint density at radius 1 is 1.35 bits per heavy atom. The minimum absolute atomic E-state index is 0.100. The first-order valence-electron chi connectivity index (χ1n) is 9.40. The fraction of sp³-hybridized carbons (Fsp3) is 0.182. The maximum Gasteiger partial charge on any atom is 0.166 e. The first-order valence-corrected chi connectivity index (χ1v) is 9.40. The zero-order chi connectivity index (χ0) is 22.5. The second kappa shape index (κ2) is 9.09. The van der Waals surface area contributed by atoms with Crippen molar-refractivity contribution in [3.8, 4) is 11.8 Å². The van der Waals surface area contributed by atoms with E-state index < -0.39 is 11.9 Å². The smallest absolute Gasteiger partial charge is 0.166 e. The van der Waals surface area contributed by atoms with Gasteiger partial charge in [0.1, 0.15) is 18.0 Å². The number of hydrogen-bond acceptors (Lipinski definition) is 8. The van der Waals surface area contributed by atoms with E-state index in [2.05, 4.69) is 15.0 Å². The Kier molecular flexibility index (Phi) is 6.31. The van der Waals surface area contributed by atoms with E-state index in [-0.39, 0.29) is 23.7 Å². The third-order valence-corrected chi connectivity index (χ3v) is 4.84. The van der Waals surface area contributed by atoms with Crippen LogP contribution in [0.1, 0.15) is 29.7 Å². The standard InChI is InChI=1S/C22H22FN7O/c1-12-18-6-16(23)3-4-17(18)21(28-2)15(9-26)11-29-20(14(7-24)8-25)13-5-19(31-12)22(27)30-10-13/h3-7,9-10,12H,11,24,26H2,1-2H3,(H2,27,30). The van der Waals surface area contributed by atoms with Gasteiger partial charge in [0, 0.05) is 47.9 Å². The highest BCUT2D eigenvalue weighted by atomic mass is 19.1. The Labute approximate surface area is 179 Å². The molecular formula is C22H22FN7O. The number of halogens is 1. The highest BCUT2D eigenvalue weighted by Gasteiger charge is 2.22. The molecule has 0 saturated carbocycles. The van der Waals surface area contributed by atoms with Crippen molar-refractivity contribution in [2.45, 2.75) is 13.0 Å². The van der Waals surface area contributed by atoms with Gasteiger partial charge in [0.25, 0.3) is 0 Å². The highest BCUT2D eigenvalue weighted by Crippen LogP contribution is 2.31. The van der Waals surface area contributed by atoms with Crippen molar-refractivity contribution < 1.29 is 9.13 Å². The summed E-state index contributed by atoms with van der Waals surface area (Å²) >= 11 is 0. The van der Waals surface area contributed by atoms with Crippen LogP contribution >= 0.6 is 0 Å². The van der Waals surface area contributed by atoms with Crippen LogP contribution in [0.4, 0.5) is 10.2 Å². The van der Waals surface area contributed by atoms with Crippen LogP contribution in [0.3, 0.4) is 0 Å². The van der Waals surface area contributed by atoms with E-state index in [9.17, 15) is 9.65 Å². The molecule has 0 fully saturated rings. The van der Waals surface area contributed by atoms with Gasteiger partial charge in [-0.05, 0) is 31.2 Å². The van der Waals surface area contributed by atoms with Gasteiger partial charge in [-0.3, -0.25) is 9.98 Å². The first kappa shape index (κ1) is 21.5. The van der Waals surface area contributed by atoms with Gasteiger partial charge in [-0.15, -0.1) is 0 Å². The number of benzene rings is 1. The van der Waals surface area contributed by atoms with Crippen LogP contribution in [0.5, 0.6) is 5.75 Å². The number of ether oxygens (including phenoxy) is 1. The fourth-order valence-corrected chi connectivity index (χ4v) is 3.33. The van der Waals surface area contributed by atoms with Gasteiger partial charge < -0.3 is 21.9 Å². The van der Waals surface area contributed by atoms with Crippen LogP contribution < -0.4 is 21.9 Å². The number of nitriles is 1. The molecule has 8 nitrogen and oxygen atoms in total. The summed E-state index contributed by atoms with van der Waals surface area (Å²) in [6.07, 6.45) is 3.44. The van der Waals surface area contributed by atoms with Crippen molar-refractivity contribution >= 4 is 17.2 Å². The monoisotopic (exact) mass is 419 g/mol. The maximum absolute atomic E-state index is 14.1. The van der Waals surface area contributed by atoms with E-state index >= 15 is 0 Å². The zero-order valence-corrected chi connectivity index (χ0v) is 17.1. The van der Waals surface area contributed by atoms with Gasteiger partial charge in [0.15, 0.2) is 11.6 Å². The van der Waals surface area contributed by atoms with E-state index in [4.69, 9.17) is 21.9 Å². The molecule has 0 radical (unpaired) electrons. The molecule has 0 amide bonds. The predicted octanol–water partition coefficient (Wildman–Crippen LogP) is 2.37. The number of hydrogen-bond donors (Lipinski definition) is 3. The molecule has 3 rings (SSSR count). The summed E-state index contributed by atoms with van der Waals surface area (Å²) < 4.78 is 20.2. The highest BCUT2D eigenvalue weighted by molar-refractivity contribution is 6.17. The average Bonchev–Trinajstić information content (AvgIpc) is 2.77. The average molecular weight is 419 g/mol. The lowest BCUT2D eigenvalue weighted by Crippen LogP contribution is -2.18. The normalized spacial score (nSPS) is 19.5. The molecule has 1 aliphatic heterocycles. The maximum atomic E-state index is 14.1. The molecule has 0 aliphatic carbocycles. The molecule has 2 aromatic rings. The molecule has 2 bridgehead atoms. The summed E-state index contributed by atoms with van der Waals surface area (Å²) in [4.78, 5) is 13.1. The molecule has 2 heterocycles. The van der Waals surface area contributed by atoms with E-state index in [0.717, 1.165) is 0 Å². The lowest BCUT2D eigenvalue weighted by molar-refractivity contribution is 0.227. The fourth-order valence-electron chi connectivity index (χ4n) is 3.33. The second-order valence-electron chi connectivity index (χ2n) is 6.72. The van der Waals surface area contributed by atoms with Crippen LogP contribution in [0.25, 0.3) is 0 Å². The van der Waals surface area contributed by atoms with Gasteiger partial charge in [0.05, 0.1) is 23.5 Å². The number of rotatable bonds is 1.